The Labute approximate surface area is 120 Å². The summed E-state index contributed by atoms with van der Waals surface area (Å²) in [5.74, 6) is -2.27. The molecular weight excluding hydrogens is 300 g/mol. The van der Waals surface area contributed by atoms with Gasteiger partial charge in [0.15, 0.2) is 21.3 Å². The van der Waals surface area contributed by atoms with Crippen molar-refractivity contribution in [2.75, 3.05) is 23.0 Å². The van der Waals surface area contributed by atoms with E-state index in [0.29, 0.717) is 0 Å². The highest BCUT2D eigenvalue weighted by molar-refractivity contribution is 7.91. The predicted molar refractivity (Wildman–Crippen MR) is 72.6 cm³/mol. The molecule has 1 aromatic heterocycles. The van der Waals surface area contributed by atoms with Crippen molar-refractivity contribution in [2.45, 2.75) is 12.5 Å². The maximum atomic E-state index is 11.7. The Kier molecular flexibility index (Phi) is 4.07. The van der Waals surface area contributed by atoms with Gasteiger partial charge in [0, 0.05) is 18.9 Å². The number of aliphatic carboxylic acids is 1. The zero-order valence-corrected chi connectivity index (χ0v) is 11.8. The van der Waals surface area contributed by atoms with Crippen molar-refractivity contribution in [2.24, 2.45) is 5.73 Å². The van der Waals surface area contributed by atoms with Crippen molar-refractivity contribution in [1.82, 2.24) is 9.97 Å². The van der Waals surface area contributed by atoms with Crippen LogP contribution in [0, 0.1) is 0 Å². The van der Waals surface area contributed by atoms with Crippen molar-refractivity contribution >= 4 is 27.5 Å². The van der Waals surface area contributed by atoms with Gasteiger partial charge in [-0.15, -0.1) is 0 Å². The summed E-state index contributed by atoms with van der Waals surface area (Å²) in [7, 11) is -3.32. The summed E-state index contributed by atoms with van der Waals surface area (Å²) in [4.78, 5) is 31.6. The lowest BCUT2D eigenvalue weighted by Crippen LogP contribution is -2.50. The number of aromatic nitrogens is 2. The van der Waals surface area contributed by atoms with Gasteiger partial charge in [0.2, 0.25) is 0 Å². The van der Waals surface area contributed by atoms with E-state index in [0.717, 1.165) is 0 Å². The van der Waals surface area contributed by atoms with Crippen LogP contribution in [0.25, 0.3) is 0 Å². The van der Waals surface area contributed by atoms with Crippen LogP contribution >= 0.6 is 0 Å². The molecule has 1 unspecified atom stereocenters. The number of carboxylic acids is 1. The Morgan fingerprint density at radius 3 is 2.67 bits per heavy atom. The first-order valence-corrected chi connectivity index (χ1v) is 7.92. The van der Waals surface area contributed by atoms with Gasteiger partial charge in [-0.05, 0) is 0 Å². The van der Waals surface area contributed by atoms with E-state index in [1.54, 1.807) is 0 Å². The standard InChI is InChI=1S/C11H14N4O5S/c12-10(18)9-11(14-2-1-13-9)15-3-4-21(19,20)6-7(15)5-8(16)17/h1-2,7H,3-6H2,(H2,12,18)(H,16,17). The number of carbonyl (C=O) groups excluding carboxylic acids is 1. The summed E-state index contributed by atoms with van der Waals surface area (Å²) in [6.07, 6.45) is 2.24. The molecule has 1 aliphatic heterocycles. The van der Waals surface area contributed by atoms with E-state index < -0.39 is 27.8 Å². The normalized spacial score (nSPS) is 21.0. The number of carboxylic acid groups (broad SMARTS) is 1. The number of hydrogen-bond acceptors (Lipinski definition) is 7. The van der Waals surface area contributed by atoms with Crippen LogP contribution in [0.3, 0.4) is 0 Å². The maximum absolute atomic E-state index is 11.7. The van der Waals surface area contributed by atoms with Gasteiger partial charge in [-0.2, -0.15) is 0 Å². The molecule has 114 valence electrons. The summed E-state index contributed by atoms with van der Waals surface area (Å²) >= 11 is 0. The topological polar surface area (TPSA) is 144 Å². The average Bonchev–Trinajstić information content (AvgIpc) is 2.37. The molecule has 0 radical (unpaired) electrons. The molecular formula is C11H14N4O5S. The number of rotatable bonds is 4. The quantitative estimate of drug-likeness (QED) is 0.694. The molecule has 1 amide bonds. The molecule has 21 heavy (non-hydrogen) atoms. The molecule has 3 N–H and O–H groups in total. The molecule has 0 spiro atoms. The first kappa shape index (κ1) is 15.2. The number of nitrogens with zero attached hydrogens (tertiary/aromatic N) is 3. The number of sulfone groups is 1. The van der Waals surface area contributed by atoms with E-state index in [1.165, 1.54) is 17.3 Å². The second-order valence-electron chi connectivity index (χ2n) is 4.65. The highest BCUT2D eigenvalue weighted by Crippen LogP contribution is 2.23. The van der Waals surface area contributed by atoms with Crippen LogP contribution in [0.4, 0.5) is 5.82 Å². The fourth-order valence-corrected chi connectivity index (χ4v) is 3.78. The Balaban J connectivity index is 2.41. The van der Waals surface area contributed by atoms with Gasteiger partial charge in [-0.25, -0.2) is 18.4 Å². The monoisotopic (exact) mass is 314 g/mol. The first-order chi connectivity index (χ1) is 9.80. The summed E-state index contributed by atoms with van der Waals surface area (Å²) in [5, 5.41) is 8.93. The van der Waals surface area contributed by atoms with Crippen LogP contribution in [0.1, 0.15) is 16.9 Å². The number of primary amides is 1. The molecule has 1 atom stereocenters. The largest absolute Gasteiger partial charge is 0.481 e. The van der Waals surface area contributed by atoms with Gasteiger partial charge in [0.1, 0.15) is 0 Å². The fraction of sp³-hybridized carbons (Fsp3) is 0.455. The Bertz CT molecular complexity index is 675. The maximum Gasteiger partial charge on any atom is 0.305 e. The third-order valence-electron chi connectivity index (χ3n) is 3.12. The highest BCUT2D eigenvalue weighted by atomic mass is 32.2. The summed E-state index contributed by atoms with van der Waals surface area (Å²) < 4.78 is 23.4. The van der Waals surface area contributed by atoms with Gasteiger partial charge in [0.05, 0.1) is 24.0 Å². The van der Waals surface area contributed by atoms with E-state index in [2.05, 4.69) is 9.97 Å². The zero-order chi connectivity index (χ0) is 15.6. The van der Waals surface area contributed by atoms with E-state index in [-0.39, 0.29) is 36.0 Å². The smallest absolute Gasteiger partial charge is 0.305 e. The number of nitrogens with two attached hydrogens (primary N) is 1. The van der Waals surface area contributed by atoms with Crippen molar-refractivity contribution in [3.8, 4) is 0 Å². The number of anilines is 1. The number of amides is 1. The van der Waals surface area contributed by atoms with E-state index >= 15 is 0 Å². The van der Waals surface area contributed by atoms with Gasteiger partial charge < -0.3 is 15.7 Å². The predicted octanol–water partition coefficient (Wildman–Crippen LogP) is -1.35. The second kappa shape index (κ2) is 5.64. The molecule has 1 aromatic rings. The third-order valence-corrected chi connectivity index (χ3v) is 4.82. The molecule has 2 rings (SSSR count). The van der Waals surface area contributed by atoms with Crippen LogP contribution in [0.15, 0.2) is 12.4 Å². The minimum absolute atomic E-state index is 0.0409. The minimum atomic E-state index is -3.32. The molecule has 1 aliphatic rings. The molecule has 0 aromatic carbocycles. The SMILES string of the molecule is NC(=O)c1nccnc1N1CCS(=O)(=O)CC1CC(=O)O. The van der Waals surface area contributed by atoms with Gasteiger partial charge in [0.25, 0.3) is 5.91 Å². The molecule has 1 saturated heterocycles. The molecule has 0 aliphatic carbocycles. The first-order valence-electron chi connectivity index (χ1n) is 6.10. The van der Waals surface area contributed by atoms with Gasteiger partial charge >= 0.3 is 5.97 Å². The van der Waals surface area contributed by atoms with Crippen LogP contribution in [0.5, 0.6) is 0 Å². The summed E-state index contributed by atoms with van der Waals surface area (Å²) in [6.45, 7) is 0.0409. The zero-order valence-electron chi connectivity index (χ0n) is 11.0. The van der Waals surface area contributed by atoms with E-state index in [9.17, 15) is 18.0 Å². The second-order valence-corrected chi connectivity index (χ2v) is 6.88. The molecule has 0 bridgehead atoms. The average molecular weight is 314 g/mol. The van der Waals surface area contributed by atoms with Crippen LogP contribution < -0.4 is 10.6 Å². The van der Waals surface area contributed by atoms with Crippen molar-refractivity contribution in [3.05, 3.63) is 18.1 Å². The van der Waals surface area contributed by atoms with Crippen LogP contribution in [0.2, 0.25) is 0 Å². The molecule has 10 heteroatoms. The highest BCUT2D eigenvalue weighted by Gasteiger charge is 2.35. The molecule has 1 fully saturated rings. The van der Waals surface area contributed by atoms with Crippen molar-refractivity contribution in [3.63, 3.8) is 0 Å². The Hall–Kier alpha value is -2.23. The number of hydrogen-bond donors (Lipinski definition) is 2. The number of carbonyl (C=O) groups is 2. The molecule has 2 heterocycles. The van der Waals surface area contributed by atoms with E-state index in [1.807, 2.05) is 0 Å². The van der Waals surface area contributed by atoms with E-state index in [4.69, 9.17) is 10.8 Å². The van der Waals surface area contributed by atoms with Crippen LogP contribution in [-0.2, 0) is 14.6 Å². The summed E-state index contributed by atoms with van der Waals surface area (Å²) in [5.41, 5.74) is 5.11. The Morgan fingerprint density at radius 2 is 2.05 bits per heavy atom. The van der Waals surface area contributed by atoms with Gasteiger partial charge in [-0.1, -0.05) is 0 Å². The molecule has 9 nitrogen and oxygen atoms in total. The lowest BCUT2D eigenvalue weighted by Gasteiger charge is -2.35. The lowest BCUT2D eigenvalue weighted by atomic mass is 10.2. The van der Waals surface area contributed by atoms with Crippen LogP contribution in [-0.4, -0.2) is 59.5 Å². The minimum Gasteiger partial charge on any atom is -0.481 e. The third kappa shape index (κ3) is 3.45. The Morgan fingerprint density at radius 1 is 1.38 bits per heavy atom. The van der Waals surface area contributed by atoms with Crippen molar-refractivity contribution in [1.29, 1.82) is 0 Å². The van der Waals surface area contributed by atoms with Gasteiger partial charge in [-0.3, -0.25) is 9.59 Å². The van der Waals surface area contributed by atoms with Crippen molar-refractivity contribution < 1.29 is 23.1 Å². The fourth-order valence-electron chi connectivity index (χ4n) is 2.25. The lowest BCUT2D eigenvalue weighted by molar-refractivity contribution is -0.137. The molecule has 0 saturated carbocycles. The summed E-state index contributed by atoms with van der Waals surface area (Å²) in [6, 6.07) is -0.809.